The average molecular weight is 405 g/mol. The number of piperazine rings is 1. The molecule has 3 aromatic rings. The molecule has 0 aliphatic carbocycles. The van der Waals surface area contributed by atoms with E-state index in [-0.39, 0.29) is 11.7 Å². The topological polar surface area (TPSA) is 54.3 Å². The van der Waals surface area contributed by atoms with E-state index in [9.17, 15) is 9.18 Å². The molecule has 0 atom stereocenters. The predicted octanol–water partition coefficient (Wildman–Crippen LogP) is 3.19. The highest BCUT2D eigenvalue weighted by atomic mass is 19.1. The molecule has 2 heterocycles. The van der Waals surface area contributed by atoms with Gasteiger partial charge in [-0.3, -0.25) is 9.69 Å². The van der Waals surface area contributed by atoms with Crippen LogP contribution in [0.3, 0.4) is 0 Å². The molecule has 0 unspecified atom stereocenters. The second-order valence-electron chi connectivity index (χ2n) is 7.32. The molecule has 0 radical (unpaired) electrons. The Hall–Kier alpha value is -3.32. The molecule has 4 rings (SSSR count). The molecule has 0 saturated carbocycles. The number of hydrogen-bond acceptors (Lipinski definition) is 4. The zero-order chi connectivity index (χ0) is 20.9. The van der Waals surface area contributed by atoms with Crippen LogP contribution in [0.25, 0.3) is 11.8 Å². The SMILES string of the molecule is Cc1c(C(=O)N2CCN(CC=Cc3ccccc3)CC2)nnn1-c1ccc(F)cc1. The largest absolute Gasteiger partial charge is 0.335 e. The summed E-state index contributed by atoms with van der Waals surface area (Å²) in [6.45, 7) is 5.60. The Morgan fingerprint density at radius 3 is 2.43 bits per heavy atom. The first-order valence-corrected chi connectivity index (χ1v) is 10.0. The van der Waals surface area contributed by atoms with Crippen molar-refractivity contribution < 1.29 is 9.18 Å². The highest BCUT2D eigenvalue weighted by molar-refractivity contribution is 5.93. The van der Waals surface area contributed by atoms with E-state index in [0.717, 1.165) is 19.6 Å². The van der Waals surface area contributed by atoms with Crippen LogP contribution in [-0.2, 0) is 0 Å². The molecular formula is C23H24FN5O. The number of halogens is 1. The fraction of sp³-hybridized carbons (Fsp3) is 0.261. The second-order valence-corrected chi connectivity index (χ2v) is 7.32. The number of nitrogens with zero attached hydrogens (tertiary/aromatic N) is 5. The minimum Gasteiger partial charge on any atom is -0.335 e. The number of rotatable bonds is 5. The zero-order valence-corrected chi connectivity index (χ0v) is 16.9. The molecule has 0 N–H and O–H groups in total. The Bertz CT molecular complexity index is 1020. The molecule has 1 amide bonds. The summed E-state index contributed by atoms with van der Waals surface area (Å²) in [4.78, 5) is 17.1. The van der Waals surface area contributed by atoms with Crippen LogP contribution < -0.4 is 0 Å². The first-order valence-electron chi connectivity index (χ1n) is 10.0. The summed E-state index contributed by atoms with van der Waals surface area (Å²) < 4.78 is 14.7. The van der Waals surface area contributed by atoms with E-state index in [1.165, 1.54) is 17.7 Å². The molecule has 6 nitrogen and oxygen atoms in total. The van der Waals surface area contributed by atoms with Gasteiger partial charge in [-0.2, -0.15) is 0 Å². The van der Waals surface area contributed by atoms with Gasteiger partial charge in [-0.15, -0.1) is 5.10 Å². The van der Waals surface area contributed by atoms with Gasteiger partial charge in [0.1, 0.15) is 5.82 Å². The van der Waals surface area contributed by atoms with Crippen LogP contribution in [0.2, 0.25) is 0 Å². The molecule has 1 aliphatic heterocycles. The van der Waals surface area contributed by atoms with Crippen molar-refractivity contribution in [3.05, 3.63) is 83.4 Å². The molecule has 0 bridgehead atoms. The number of aromatic nitrogens is 3. The van der Waals surface area contributed by atoms with Gasteiger partial charge < -0.3 is 4.90 Å². The maximum atomic E-state index is 13.2. The fourth-order valence-corrected chi connectivity index (χ4v) is 3.54. The monoisotopic (exact) mass is 405 g/mol. The summed E-state index contributed by atoms with van der Waals surface area (Å²) in [7, 11) is 0. The summed E-state index contributed by atoms with van der Waals surface area (Å²) in [6.07, 6.45) is 4.28. The van der Waals surface area contributed by atoms with E-state index in [1.54, 1.807) is 23.7 Å². The van der Waals surface area contributed by atoms with Crippen LogP contribution >= 0.6 is 0 Å². The van der Waals surface area contributed by atoms with E-state index in [2.05, 4.69) is 39.5 Å². The van der Waals surface area contributed by atoms with E-state index in [0.29, 0.717) is 30.2 Å². The lowest BCUT2D eigenvalue weighted by molar-refractivity contribution is 0.0643. The lowest BCUT2D eigenvalue weighted by atomic mass is 10.2. The van der Waals surface area contributed by atoms with Crippen LogP contribution in [0.1, 0.15) is 21.7 Å². The van der Waals surface area contributed by atoms with Crippen LogP contribution in [0.5, 0.6) is 0 Å². The first-order chi connectivity index (χ1) is 14.6. The Morgan fingerprint density at radius 2 is 1.73 bits per heavy atom. The van der Waals surface area contributed by atoms with Crippen LogP contribution in [-0.4, -0.2) is 63.4 Å². The number of carbonyl (C=O) groups is 1. The number of carbonyl (C=O) groups excluding carboxylic acids is 1. The average Bonchev–Trinajstić information content (AvgIpc) is 3.16. The molecule has 30 heavy (non-hydrogen) atoms. The van der Waals surface area contributed by atoms with Crippen molar-refractivity contribution in [1.82, 2.24) is 24.8 Å². The third-order valence-electron chi connectivity index (χ3n) is 5.30. The summed E-state index contributed by atoms with van der Waals surface area (Å²) >= 11 is 0. The standard InChI is InChI=1S/C23H24FN5O/c1-18-22(25-26-29(18)21-11-9-20(24)10-12-21)23(30)28-16-14-27(15-17-28)13-5-8-19-6-3-2-4-7-19/h2-12H,13-17H2,1H3. The first kappa shape index (κ1) is 20.0. The van der Waals surface area contributed by atoms with Gasteiger partial charge in [-0.05, 0) is 36.8 Å². The summed E-state index contributed by atoms with van der Waals surface area (Å²) in [5, 5.41) is 8.19. The van der Waals surface area contributed by atoms with Gasteiger partial charge in [0.15, 0.2) is 5.69 Å². The molecule has 7 heteroatoms. The predicted molar refractivity (Wildman–Crippen MR) is 114 cm³/mol. The Balaban J connectivity index is 1.34. The molecule has 1 aliphatic rings. The van der Waals surface area contributed by atoms with Gasteiger partial charge in [0.2, 0.25) is 0 Å². The number of amides is 1. The molecular weight excluding hydrogens is 381 g/mol. The molecule has 154 valence electrons. The van der Waals surface area contributed by atoms with E-state index in [1.807, 2.05) is 23.1 Å². The van der Waals surface area contributed by atoms with Gasteiger partial charge >= 0.3 is 0 Å². The van der Waals surface area contributed by atoms with E-state index in [4.69, 9.17) is 0 Å². The van der Waals surface area contributed by atoms with E-state index >= 15 is 0 Å². The van der Waals surface area contributed by atoms with Gasteiger partial charge in [0, 0.05) is 32.7 Å². The van der Waals surface area contributed by atoms with E-state index < -0.39 is 0 Å². The maximum absolute atomic E-state index is 13.2. The normalized spacial score (nSPS) is 15.1. The van der Waals surface area contributed by atoms with Gasteiger partial charge in [0.05, 0.1) is 11.4 Å². The Labute approximate surface area is 175 Å². The third kappa shape index (κ3) is 4.46. The smallest absolute Gasteiger partial charge is 0.276 e. The molecule has 1 saturated heterocycles. The van der Waals surface area contributed by atoms with Crippen molar-refractivity contribution >= 4 is 12.0 Å². The summed E-state index contributed by atoms with van der Waals surface area (Å²) in [5.74, 6) is -0.426. The molecule has 2 aromatic carbocycles. The lowest BCUT2D eigenvalue weighted by Crippen LogP contribution is -2.48. The van der Waals surface area contributed by atoms with Crippen molar-refractivity contribution in [3.8, 4) is 5.69 Å². The molecule has 1 aromatic heterocycles. The van der Waals surface area contributed by atoms with Crippen LogP contribution in [0.4, 0.5) is 4.39 Å². The molecule has 1 fully saturated rings. The summed E-state index contributed by atoms with van der Waals surface area (Å²) in [6, 6.07) is 16.2. The highest BCUT2D eigenvalue weighted by Crippen LogP contribution is 2.15. The van der Waals surface area contributed by atoms with Crippen LogP contribution in [0.15, 0.2) is 60.7 Å². The minimum absolute atomic E-state index is 0.111. The lowest BCUT2D eigenvalue weighted by Gasteiger charge is -2.33. The zero-order valence-electron chi connectivity index (χ0n) is 16.9. The number of benzene rings is 2. The summed E-state index contributed by atoms with van der Waals surface area (Å²) in [5.41, 5.74) is 2.86. The van der Waals surface area contributed by atoms with Crippen LogP contribution in [0, 0.1) is 12.7 Å². The van der Waals surface area contributed by atoms with Gasteiger partial charge in [0.25, 0.3) is 5.91 Å². The molecule has 0 spiro atoms. The Kier molecular flexibility index (Phi) is 5.99. The van der Waals surface area contributed by atoms with Gasteiger partial charge in [-0.1, -0.05) is 47.7 Å². The van der Waals surface area contributed by atoms with Crippen molar-refractivity contribution in [1.29, 1.82) is 0 Å². The fourth-order valence-electron chi connectivity index (χ4n) is 3.54. The third-order valence-corrected chi connectivity index (χ3v) is 5.30. The van der Waals surface area contributed by atoms with Gasteiger partial charge in [-0.25, -0.2) is 9.07 Å². The maximum Gasteiger partial charge on any atom is 0.276 e. The quantitative estimate of drug-likeness (QED) is 0.654. The van der Waals surface area contributed by atoms with Crippen molar-refractivity contribution in [3.63, 3.8) is 0 Å². The van der Waals surface area contributed by atoms with Crippen molar-refractivity contribution in [2.45, 2.75) is 6.92 Å². The highest BCUT2D eigenvalue weighted by Gasteiger charge is 2.26. The van der Waals surface area contributed by atoms with Crippen molar-refractivity contribution in [2.24, 2.45) is 0 Å². The number of hydrogen-bond donors (Lipinski definition) is 0. The van der Waals surface area contributed by atoms with Crippen molar-refractivity contribution in [2.75, 3.05) is 32.7 Å². The second kappa shape index (κ2) is 9.00. The Morgan fingerprint density at radius 1 is 1.03 bits per heavy atom. The minimum atomic E-state index is -0.315.